The molecule has 116 valence electrons. The van der Waals surface area contributed by atoms with Gasteiger partial charge in [-0.25, -0.2) is 0 Å². The summed E-state index contributed by atoms with van der Waals surface area (Å²) in [4.78, 5) is 2.43. The molecule has 0 atom stereocenters. The predicted molar refractivity (Wildman–Crippen MR) is 87.9 cm³/mol. The van der Waals surface area contributed by atoms with Crippen molar-refractivity contribution in [2.24, 2.45) is 0 Å². The van der Waals surface area contributed by atoms with Crippen molar-refractivity contribution >= 4 is 0 Å². The van der Waals surface area contributed by atoms with Crippen molar-refractivity contribution in [2.45, 2.75) is 84.6 Å². The van der Waals surface area contributed by atoms with Crippen molar-refractivity contribution in [3.05, 3.63) is 0 Å². The van der Waals surface area contributed by atoms with E-state index in [9.17, 15) is 0 Å². The Labute approximate surface area is 122 Å². The lowest BCUT2D eigenvalue weighted by molar-refractivity contribution is 0.268. The lowest BCUT2D eigenvalue weighted by Crippen LogP contribution is -2.28. The Bertz CT molecular complexity index is 169. The molecule has 0 aromatic carbocycles. The molecule has 1 N–H and O–H groups in total. The van der Waals surface area contributed by atoms with E-state index in [2.05, 4.69) is 38.0 Å². The highest BCUT2D eigenvalue weighted by atomic mass is 15.1. The van der Waals surface area contributed by atoms with Gasteiger partial charge in [-0.1, -0.05) is 45.4 Å². The van der Waals surface area contributed by atoms with Crippen LogP contribution in [0, 0.1) is 0 Å². The van der Waals surface area contributed by atoms with Crippen LogP contribution in [0.4, 0.5) is 0 Å². The molecule has 0 amide bonds. The second kappa shape index (κ2) is 14.3. The van der Waals surface area contributed by atoms with E-state index in [1.165, 1.54) is 77.4 Å². The van der Waals surface area contributed by atoms with E-state index in [-0.39, 0.29) is 0 Å². The summed E-state index contributed by atoms with van der Waals surface area (Å²) in [6.07, 6.45) is 12.5. The maximum atomic E-state index is 3.57. The highest BCUT2D eigenvalue weighted by Gasteiger charge is 2.01. The number of nitrogens with one attached hydrogen (secondary N) is 1. The molecular formula is C17H38N2. The minimum absolute atomic E-state index is 0.681. The maximum absolute atomic E-state index is 3.57. The largest absolute Gasteiger partial charge is 0.317 e. The first kappa shape index (κ1) is 18.9. The highest BCUT2D eigenvalue weighted by molar-refractivity contribution is 4.58. The summed E-state index contributed by atoms with van der Waals surface area (Å²) in [5.41, 5.74) is 0. The Morgan fingerprint density at radius 2 is 1.32 bits per heavy atom. The number of hydrogen-bond acceptors (Lipinski definition) is 2. The van der Waals surface area contributed by atoms with Gasteiger partial charge in [0.2, 0.25) is 0 Å². The van der Waals surface area contributed by atoms with E-state index in [1.54, 1.807) is 0 Å². The molecule has 0 bridgehead atoms. The van der Waals surface area contributed by atoms with Crippen LogP contribution in [0.2, 0.25) is 0 Å². The van der Waals surface area contributed by atoms with Crippen molar-refractivity contribution in [3.63, 3.8) is 0 Å². The van der Waals surface area contributed by atoms with Gasteiger partial charge in [0.25, 0.3) is 0 Å². The van der Waals surface area contributed by atoms with Crippen molar-refractivity contribution < 1.29 is 0 Å². The first-order chi connectivity index (χ1) is 9.18. The predicted octanol–water partition coefficient (Wildman–Crippen LogP) is 4.45. The van der Waals surface area contributed by atoms with Crippen LogP contribution < -0.4 is 5.32 Å². The molecule has 0 radical (unpaired) electrons. The topological polar surface area (TPSA) is 15.3 Å². The Hall–Kier alpha value is -0.0800. The van der Waals surface area contributed by atoms with E-state index in [4.69, 9.17) is 0 Å². The maximum Gasteiger partial charge on any atom is 0.00355 e. The summed E-state index contributed by atoms with van der Waals surface area (Å²) in [6, 6.07) is 0.681. The molecule has 0 aliphatic rings. The van der Waals surface area contributed by atoms with Crippen LogP contribution in [0.3, 0.4) is 0 Å². The van der Waals surface area contributed by atoms with E-state index >= 15 is 0 Å². The molecule has 0 saturated heterocycles. The molecule has 19 heavy (non-hydrogen) atoms. The summed E-state index contributed by atoms with van der Waals surface area (Å²) < 4.78 is 0. The van der Waals surface area contributed by atoms with Crippen LogP contribution >= 0.6 is 0 Å². The van der Waals surface area contributed by atoms with Crippen LogP contribution in [0.15, 0.2) is 0 Å². The van der Waals surface area contributed by atoms with Gasteiger partial charge in [0.1, 0.15) is 0 Å². The standard InChI is InChI=1S/C17H38N2/c1-5-6-7-8-9-10-11-14-18-15-12-13-16-19(4)17(2)3/h17-18H,5-16H2,1-4H3. The van der Waals surface area contributed by atoms with Gasteiger partial charge in [0.15, 0.2) is 0 Å². The lowest BCUT2D eigenvalue weighted by Gasteiger charge is -2.20. The summed E-state index contributed by atoms with van der Waals surface area (Å²) in [5.74, 6) is 0. The Morgan fingerprint density at radius 3 is 1.89 bits per heavy atom. The fourth-order valence-electron chi connectivity index (χ4n) is 2.20. The lowest BCUT2D eigenvalue weighted by atomic mass is 10.1. The van der Waals surface area contributed by atoms with Crippen molar-refractivity contribution in [3.8, 4) is 0 Å². The van der Waals surface area contributed by atoms with Gasteiger partial charge < -0.3 is 10.2 Å². The minimum Gasteiger partial charge on any atom is -0.317 e. The smallest absolute Gasteiger partial charge is 0.00355 e. The van der Waals surface area contributed by atoms with Crippen LogP contribution in [-0.2, 0) is 0 Å². The van der Waals surface area contributed by atoms with Gasteiger partial charge in [-0.2, -0.15) is 0 Å². The van der Waals surface area contributed by atoms with Gasteiger partial charge in [-0.15, -0.1) is 0 Å². The van der Waals surface area contributed by atoms with Gasteiger partial charge >= 0.3 is 0 Å². The quantitative estimate of drug-likeness (QED) is 0.469. The highest BCUT2D eigenvalue weighted by Crippen LogP contribution is 2.06. The Kier molecular flexibility index (Phi) is 14.3. The first-order valence-electron chi connectivity index (χ1n) is 8.59. The molecule has 0 aliphatic heterocycles. The second-order valence-electron chi connectivity index (χ2n) is 6.15. The zero-order valence-corrected chi connectivity index (χ0v) is 14.0. The SMILES string of the molecule is CCCCCCCCCNCCCCN(C)C(C)C. The number of nitrogens with zero attached hydrogens (tertiary/aromatic N) is 1. The number of hydrogen-bond donors (Lipinski definition) is 1. The van der Waals surface area contributed by atoms with Crippen LogP contribution in [0.1, 0.15) is 78.6 Å². The zero-order chi connectivity index (χ0) is 14.3. The van der Waals surface area contributed by atoms with Gasteiger partial charge in [-0.3, -0.25) is 0 Å². The molecule has 0 aliphatic carbocycles. The fourth-order valence-corrected chi connectivity index (χ4v) is 2.20. The van der Waals surface area contributed by atoms with Crippen LogP contribution in [0.5, 0.6) is 0 Å². The molecular weight excluding hydrogens is 232 g/mol. The van der Waals surface area contributed by atoms with Gasteiger partial charge in [0.05, 0.1) is 0 Å². The third-order valence-electron chi connectivity index (χ3n) is 3.95. The molecule has 0 aromatic heterocycles. The number of unbranched alkanes of at least 4 members (excludes halogenated alkanes) is 7. The summed E-state index contributed by atoms with van der Waals surface area (Å²) in [5, 5.41) is 3.57. The molecule has 0 unspecified atom stereocenters. The second-order valence-corrected chi connectivity index (χ2v) is 6.15. The minimum atomic E-state index is 0.681. The first-order valence-corrected chi connectivity index (χ1v) is 8.59. The fraction of sp³-hybridized carbons (Fsp3) is 1.00. The van der Waals surface area contributed by atoms with Crippen molar-refractivity contribution in [1.82, 2.24) is 10.2 Å². The van der Waals surface area contributed by atoms with Crippen LogP contribution in [-0.4, -0.2) is 37.6 Å². The van der Waals surface area contributed by atoms with E-state index in [0.29, 0.717) is 6.04 Å². The number of rotatable bonds is 14. The monoisotopic (exact) mass is 270 g/mol. The van der Waals surface area contributed by atoms with E-state index in [1.807, 2.05) is 0 Å². The van der Waals surface area contributed by atoms with E-state index in [0.717, 1.165) is 0 Å². The third-order valence-corrected chi connectivity index (χ3v) is 3.95. The summed E-state index contributed by atoms with van der Waals surface area (Å²) in [6.45, 7) is 10.5. The Balaban J connectivity index is 3.03. The van der Waals surface area contributed by atoms with Gasteiger partial charge in [-0.05, 0) is 59.8 Å². The molecule has 2 nitrogen and oxygen atoms in total. The molecule has 0 rings (SSSR count). The molecule has 0 saturated carbocycles. The molecule has 0 heterocycles. The third kappa shape index (κ3) is 14.1. The van der Waals surface area contributed by atoms with Gasteiger partial charge in [0, 0.05) is 6.04 Å². The van der Waals surface area contributed by atoms with Crippen molar-refractivity contribution in [2.75, 3.05) is 26.7 Å². The summed E-state index contributed by atoms with van der Waals surface area (Å²) >= 11 is 0. The average molecular weight is 271 g/mol. The Morgan fingerprint density at radius 1 is 0.789 bits per heavy atom. The molecule has 0 fully saturated rings. The van der Waals surface area contributed by atoms with Crippen molar-refractivity contribution in [1.29, 1.82) is 0 Å². The molecule has 2 heteroatoms. The zero-order valence-electron chi connectivity index (χ0n) is 14.0. The molecule has 0 spiro atoms. The normalized spacial score (nSPS) is 11.7. The molecule has 0 aromatic rings. The van der Waals surface area contributed by atoms with Crippen LogP contribution in [0.25, 0.3) is 0 Å². The average Bonchev–Trinajstić information content (AvgIpc) is 2.39. The summed E-state index contributed by atoms with van der Waals surface area (Å²) in [7, 11) is 2.22. The van der Waals surface area contributed by atoms with E-state index < -0.39 is 0 Å².